The second-order valence-corrected chi connectivity index (χ2v) is 3.73. The average molecular weight is 220 g/mol. The van der Waals surface area contributed by atoms with Gasteiger partial charge in [-0.1, -0.05) is 25.5 Å². The number of nitroso groups, excluding NO2 is 1. The minimum Gasteiger partial charge on any atom is -0.350 e. The maximum Gasteiger partial charge on any atom is 0.217 e. The number of rotatable bonds is 5. The van der Waals surface area contributed by atoms with Gasteiger partial charge in [0.25, 0.3) is 0 Å². The molecule has 0 radical (unpaired) electrons. The Kier molecular flexibility index (Phi) is 4.64. The van der Waals surface area contributed by atoms with Crippen molar-refractivity contribution in [1.82, 2.24) is 5.32 Å². The summed E-state index contributed by atoms with van der Waals surface area (Å²) in [7, 11) is 0. The zero-order valence-corrected chi connectivity index (χ0v) is 9.56. The molecular weight excluding hydrogens is 204 g/mol. The molecule has 0 aromatic heterocycles. The van der Waals surface area contributed by atoms with Crippen LogP contribution in [0.15, 0.2) is 29.4 Å². The van der Waals surface area contributed by atoms with Gasteiger partial charge in [0.15, 0.2) is 0 Å². The normalized spacial score (nSPS) is 11.9. The van der Waals surface area contributed by atoms with E-state index in [1.54, 1.807) is 18.2 Å². The van der Waals surface area contributed by atoms with Crippen LogP contribution in [-0.2, 0) is 4.79 Å². The van der Waals surface area contributed by atoms with Gasteiger partial charge in [0, 0.05) is 6.92 Å². The molecule has 0 aliphatic carbocycles. The number of carbonyl (C=O) groups is 1. The summed E-state index contributed by atoms with van der Waals surface area (Å²) in [6, 6.07) is 6.99. The summed E-state index contributed by atoms with van der Waals surface area (Å²) in [5.74, 6) is -0.0667. The Hall–Kier alpha value is -1.71. The number of benzene rings is 1. The van der Waals surface area contributed by atoms with Crippen LogP contribution < -0.4 is 5.32 Å². The minimum absolute atomic E-state index is 0.0378. The highest BCUT2D eigenvalue weighted by Gasteiger charge is 2.11. The molecule has 4 nitrogen and oxygen atoms in total. The van der Waals surface area contributed by atoms with Crippen LogP contribution in [0.1, 0.15) is 38.3 Å². The van der Waals surface area contributed by atoms with E-state index in [1.165, 1.54) is 6.92 Å². The van der Waals surface area contributed by atoms with Crippen molar-refractivity contribution in [1.29, 1.82) is 0 Å². The first kappa shape index (κ1) is 12.4. The van der Waals surface area contributed by atoms with E-state index in [1.807, 2.05) is 6.07 Å². The van der Waals surface area contributed by atoms with Crippen LogP contribution in [-0.4, -0.2) is 5.91 Å². The Bertz CT molecular complexity index is 377. The summed E-state index contributed by atoms with van der Waals surface area (Å²) in [5, 5.41) is 5.76. The Morgan fingerprint density at radius 3 is 2.81 bits per heavy atom. The van der Waals surface area contributed by atoms with E-state index >= 15 is 0 Å². The van der Waals surface area contributed by atoms with Gasteiger partial charge in [-0.15, -0.1) is 4.91 Å². The van der Waals surface area contributed by atoms with Crippen molar-refractivity contribution < 1.29 is 4.79 Å². The smallest absolute Gasteiger partial charge is 0.217 e. The molecule has 1 unspecified atom stereocenters. The highest BCUT2D eigenvalue weighted by molar-refractivity contribution is 5.73. The van der Waals surface area contributed by atoms with E-state index < -0.39 is 0 Å². The average Bonchev–Trinajstić information content (AvgIpc) is 2.28. The van der Waals surface area contributed by atoms with Gasteiger partial charge in [0.2, 0.25) is 5.91 Å². The fraction of sp³-hybridized carbons (Fsp3) is 0.417. The molecule has 0 spiro atoms. The lowest BCUT2D eigenvalue weighted by Crippen LogP contribution is -2.25. The van der Waals surface area contributed by atoms with Crippen LogP contribution >= 0.6 is 0 Å². The molecule has 86 valence electrons. The molecule has 1 aromatic carbocycles. The van der Waals surface area contributed by atoms with E-state index in [4.69, 9.17) is 0 Å². The number of hydrogen-bond acceptors (Lipinski definition) is 3. The third-order valence-electron chi connectivity index (χ3n) is 2.33. The Labute approximate surface area is 95.0 Å². The molecule has 1 N–H and O–H groups in total. The molecular formula is C12H16N2O2. The largest absolute Gasteiger partial charge is 0.350 e. The highest BCUT2D eigenvalue weighted by Crippen LogP contribution is 2.22. The summed E-state index contributed by atoms with van der Waals surface area (Å²) in [4.78, 5) is 21.5. The van der Waals surface area contributed by atoms with Crippen molar-refractivity contribution in [3.63, 3.8) is 0 Å². The second kappa shape index (κ2) is 6.00. The molecule has 0 aliphatic heterocycles. The molecule has 0 aliphatic rings. The first-order valence-corrected chi connectivity index (χ1v) is 5.37. The second-order valence-electron chi connectivity index (χ2n) is 3.73. The van der Waals surface area contributed by atoms with Crippen molar-refractivity contribution in [2.24, 2.45) is 5.18 Å². The lowest BCUT2D eigenvalue weighted by molar-refractivity contribution is -0.119. The number of hydrogen-bond donors (Lipinski definition) is 1. The van der Waals surface area contributed by atoms with Crippen LogP contribution in [0.5, 0.6) is 0 Å². The van der Waals surface area contributed by atoms with E-state index in [9.17, 15) is 9.70 Å². The van der Waals surface area contributed by atoms with Crippen LogP contribution in [0.3, 0.4) is 0 Å². The third kappa shape index (κ3) is 3.46. The minimum atomic E-state index is -0.0667. The van der Waals surface area contributed by atoms with E-state index in [2.05, 4.69) is 17.4 Å². The molecule has 0 saturated heterocycles. The fourth-order valence-electron chi connectivity index (χ4n) is 1.65. The zero-order chi connectivity index (χ0) is 12.0. The summed E-state index contributed by atoms with van der Waals surface area (Å²) >= 11 is 0. The van der Waals surface area contributed by atoms with Crippen LogP contribution in [0, 0.1) is 4.91 Å². The Morgan fingerprint density at radius 1 is 1.50 bits per heavy atom. The lowest BCUT2D eigenvalue weighted by Gasteiger charge is -2.17. The van der Waals surface area contributed by atoms with E-state index in [-0.39, 0.29) is 11.9 Å². The quantitative estimate of drug-likeness (QED) is 0.775. The molecule has 1 aromatic rings. The predicted octanol–water partition coefficient (Wildman–Crippen LogP) is 3.06. The van der Waals surface area contributed by atoms with Gasteiger partial charge in [-0.25, -0.2) is 0 Å². The molecule has 0 saturated carbocycles. The Morgan fingerprint density at radius 2 is 2.25 bits per heavy atom. The van der Waals surface area contributed by atoms with Crippen molar-refractivity contribution in [2.75, 3.05) is 0 Å². The van der Waals surface area contributed by atoms with Crippen molar-refractivity contribution in [2.45, 2.75) is 32.7 Å². The molecule has 0 heterocycles. The summed E-state index contributed by atoms with van der Waals surface area (Å²) < 4.78 is 0. The SMILES string of the molecule is CCCC(NC(C)=O)c1cccc(N=O)c1. The first-order chi connectivity index (χ1) is 7.67. The van der Waals surface area contributed by atoms with Crippen LogP contribution in [0.2, 0.25) is 0 Å². The maximum absolute atomic E-state index is 11.1. The first-order valence-electron chi connectivity index (χ1n) is 5.37. The van der Waals surface area contributed by atoms with Gasteiger partial charge in [0.1, 0.15) is 5.69 Å². The number of nitrogens with zero attached hydrogens (tertiary/aromatic N) is 1. The van der Waals surface area contributed by atoms with Crippen molar-refractivity contribution >= 4 is 11.6 Å². The lowest BCUT2D eigenvalue weighted by atomic mass is 10.0. The van der Waals surface area contributed by atoms with Gasteiger partial charge in [-0.3, -0.25) is 4.79 Å². The van der Waals surface area contributed by atoms with Crippen LogP contribution in [0.25, 0.3) is 0 Å². The van der Waals surface area contributed by atoms with Gasteiger partial charge >= 0.3 is 0 Å². The number of amides is 1. The van der Waals surface area contributed by atoms with Crippen molar-refractivity contribution in [3.05, 3.63) is 34.7 Å². The standard InChI is InChI=1S/C12H16N2O2/c1-3-5-12(13-9(2)15)10-6-4-7-11(8-10)14-16/h4,6-8,12H,3,5H2,1-2H3,(H,13,15). The maximum atomic E-state index is 11.1. The summed E-state index contributed by atoms with van der Waals surface area (Å²) in [6.07, 6.45) is 1.81. The van der Waals surface area contributed by atoms with Gasteiger partial charge in [-0.05, 0) is 29.3 Å². The highest BCUT2D eigenvalue weighted by atomic mass is 16.3. The molecule has 0 bridgehead atoms. The predicted molar refractivity (Wildman–Crippen MR) is 63.4 cm³/mol. The number of carbonyl (C=O) groups excluding carboxylic acids is 1. The molecule has 1 atom stereocenters. The van der Waals surface area contributed by atoms with Crippen LogP contribution in [0.4, 0.5) is 5.69 Å². The Balaban J connectivity index is 2.90. The zero-order valence-electron chi connectivity index (χ0n) is 9.56. The summed E-state index contributed by atoms with van der Waals surface area (Å²) in [5.41, 5.74) is 1.32. The third-order valence-corrected chi connectivity index (χ3v) is 2.33. The van der Waals surface area contributed by atoms with Crippen molar-refractivity contribution in [3.8, 4) is 0 Å². The molecule has 1 rings (SSSR count). The molecule has 4 heteroatoms. The fourth-order valence-corrected chi connectivity index (χ4v) is 1.65. The van der Waals surface area contributed by atoms with E-state index in [0.717, 1.165) is 18.4 Å². The molecule has 1 amide bonds. The number of nitrogens with one attached hydrogen (secondary N) is 1. The van der Waals surface area contributed by atoms with Gasteiger partial charge in [0.05, 0.1) is 6.04 Å². The molecule has 16 heavy (non-hydrogen) atoms. The molecule has 0 fully saturated rings. The summed E-state index contributed by atoms with van der Waals surface area (Å²) in [6.45, 7) is 3.54. The van der Waals surface area contributed by atoms with E-state index in [0.29, 0.717) is 5.69 Å². The topological polar surface area (TPSA) is 58.5 Å². The van der Waals surface area contributed by atoms with Gasteiger partial charge in [-0.2, -0.15) is 0 Å². The van der Waals surface area contributed by atoms with Gasteiger partial charge < -0.3 is 5.32 Å². The monoisotopic (exact) mass is 220 g/mol.